The first-order valence-corrected chi connectivity index (χ1v) is 47.6. The third kappa shape index (κ3) is 13.4. The minimum atomic E-state index is -2.31. The van der Waals surface area contributed by atoms with E-state index >= 15 is 0 Å². The van der Waals surface area contributed by atoms with Gasteiger partial charge in [0.15, 0.2) is 0 Å². The Hall–Kier alpha value is -0.263. The number of unbranched alkanes of at least 4 members (excludes halogenated alkanes) is 8. The minimum absolute atomic E-state index is 0.565. The topological polar surface area (TPSA) is 18.5 Å². The van der Waals surface area contributed by atoms with Crippen LogP contribution in [0.25, 0.3) is 39.7 Å². The van der Waals surface area contributed by atoms with Crippen molar-refractivity contribution in [3.05, 3.63) is 35.4 Å². The van der Waals surface area contributed by atoms with Crippen LogP contribution in [0, 0.1) is 11.8 Å². The number of hydrogen-bond donors (Lipinski definition) is 0. The van der Waals surface area contributed by atoms with E-state index in [2.05, 4.69) is 118 Å². The summed E-state index contributed by atoms with van der Waals surface area (Å²) in [6, 6.07) is 10.4. The van der Waals surface area contributed by atoms with Gasteiger partial charge in [0.1, 0.15) is 0 Å². The van der Waals surface area contributed by atoms with Crippen molar-refractivity contribution in [1.29, 1.82) is 0 Å². The second-order valence-corrected chi connectivity index (χ2v) is 54.9. The Bertz CT molecular complexity index is 1850. The van der Waals surface area contributed by atoms with Crippen LogP contribution in [-0.2, 0) is 12.8 Å². The van der Waals surface area contributed by atoms with Crippen molar-refractivity contribution in [3.63, 3.8) is 0 Å². The molecule has 0 saturated carbocycles. The molecule has 4 aromatic heterocycles. The summed E-state index contributed by atoms with van der Waals surface area (Å²) in [5.41, 5.74) is 3.16. The van der Waals surface area contributed by atoms with Crippen molar-refractivity contribution >= 4 is 108 Å². The first kappa shape index (κ1) is 50.7. The molecule has 0 aliphatic heterocycles. The summed E-state index contributed by atoms with van der Waals surface area (Å²) in [6.07, 6.45) is 22.6. The van der Waals surface area contributed by atoms with Gasteiger partial charge in [-0.25, -0.2) is 0 Å². The van der Waals surface area contributed by atoms with Gasteiger partial charge in [0, 0.05) is 0 Å². The molecule has 0 N–H and O–H groups in total. The van der Waals surface area contributed by atoms with Gasteiger partial charge in [0.25, 0.3) is 0 Å². The van der Waals surface area contributed by atoms with Crippen LogP contribution in [0.2, 0.25) is 29.6 Å². The number of ether oxygens (including phenoxy) is 2. The van der Waals surface area contributed by atoms with Gasteiger partial charge in [-0.3, -0.25) is 0 Å². The van der Waals surface area contributed by atoms with Gasteiger partial charge in [-0.15, -0.1) is 0 Å². The Morgan fingerprint density at radius 3 is 1.18 bits per heavy atom. The van der Waals surface area contributed by atoms with Crippen LogP contribution in [0.3, 0.4) is 0 Å². The summed E-state index contributed by atoms with van der Waals surface area (Å²) < 4.78 is 20.6. The third-order valence-corrected chi connectivity index (χ3v) is 36.4. The molecule has 5 rings (SSSR count). The summed E-state index contributed by atoms with van der Waals surface area (Å²) in [5, 5.41) is 2.56. The monoisotopic (exact) mass is 1110 g/mol. The molecular weight excluding hydrogens is 1020 g/mol. The maximum atomic E-state index is 7.29. The molecular formula is C52H82O2S4Sn2. The number of hydrogen-bond acceptors (Lipinski definition) is 6. The molecule has 0 aliphatic carbocycles. The summed E-state index contributed by atoms with van der Waals surface area (Å²) in [7, 11) is 0. The first-order valence-electron chi connectivity index (χ1n) is 24.3. The molecule has 0 saturated heterocycles. The molecule has 1 aromatic carbocycles. The van der Waals surface area contributed by atoms with E-state index in [1.807, 2.05) is 22.7 Å². The molecule has 2 unspecified atom stereocenters. The van der Waals surface area contributed by atoms with E-state index in [0.29, 0.717) is 11.8 Å². The predicted molar refractivity (Wildman–Crippen MR) is 283 cm³/mol. The predicted octanol–water partition coefficient (Wildman–Crippen LogP) is 18.1. The Labute approximate surface area is 391 Å². The third-order valence-electron chi connectivity index (χ3n) is 12.5. The van der Waals surface area contributed by atoms with E-state index in [1.54, 1.807) is 16.9 Å². The van der Waals surface area contributed by atoms with Crippen molar-refractivity contribution in [2.45, 2.75) is 187 Å². The van der Waals surface area contributed by atoms with Crippen molar-refractivity contribution in [2.75, 3.05) is 13.2 Å². The molecule has 0 bridgehead atoms. The fourth-order valence-electron chi connectivity index (χ4n) is 8.28. The Morgan fingerprint density at radius 1 is 0.467 bits per heavy atom. The number of aryl methyl sites for hydroxylation is 2. The fraction of sp³-hybridized carbons (Fsp3) is 0.654. The zero-order valence-electron chi connectivity index (χ0n) is 40.1. The van der Waals surface area contributed by atoms with Crippen LogP contribution >= 0.6 is 45.3 Å². The molecule has 0 amide bonds. The van der Waals surface area contributed by atoms with E-state index in [1.165, 1.54) is 142 Å². The Kier molecular flexibility index (Phi) is 20.6. The van der Waals surface area contributed by atoms with E-state index in [0.717, 1.165) is 37.6 Å². The molecule has 5 aromatic rings. The van der Waals surface area contributed by atoms with Gasteiger partial charge >= 0.3 is 369 Å². The zero-order valence-corrected chi connectivity index (χ0v) is 49.0. The quantitative estimate of drug-likeness (QED) is 0.0367. The van der Waals surface area contributed by atoms with Crippen molar-refractivity contribution in [3.8, 4) is 31.0 Å². The molecule has 60 heavy (non-hydrogen) atoms. The molecule has 8 heteroatoms. The molecule has 0 fully saturated rings. The Morgan fingerprint density at radius 2 is 0.850 bits per heavy atom. The van der Waals surface area contributed by atoms with Crippen LogP contribution in [-0.4, -0.2) is 50.0 Å². The Balaban J connectivity index is 1.76. The van der Waals surface area contributed by atoms with Crippen LogP contribution in [0.5, 0.6) is 11.5 Å². The van der Waals surface area contributed by atoms with Crippen LogP contribution in [0.15, 0.2) is 24.3 Å². The van der Waals surface area contributed by atoms with Crippen LogP contribution < -0.4 is 15.3 Å². The van der Waals surface area contributed by atoms with Gasteiger partial charge in [-0.2, -0.15) is 0 Å². The summed E-state index contributed by atoms with van der Waals surface area (Å²) in [5.74, 6) is 3.36. The van der Waals surface area contributed by atoms with Gasteiger partial charge in [0.05, 0.1) is 0 Å². The van der Waals surface area contributed by atoms with Gasteiger partial charge in [-0.1, -0.05) is 26.7 Å². The van der Waals surface area contributed by atoms with Crippen molar-refractivity contribution in [2.24, 2.45) is 11.8 Å². The van der Waals surface area contributed by atoms with E-state index < -0.39 is 36.8 Å². The summed E-state index contributed by atoms with van der Waals surface area (Å²) >= 11 is 3.61. The molecule has 0 spiro atoms. The second kappa shape index (κ2) is 24.3. The maximum absolute atomic E-state index is 7.29. The van der Waals surface area contributed by atoms with E-state index in [9.17, 15) is 0 Å². The fourth-order valence-corrected chi connectivity index (χ4v) is 23.9. The molecule has 0 aliphatic rings. The molecule has 0 radical (unpaired) electrons. The molecule has 2 nitrogen and oxygen atoms in total. The first-order chi connectivity index (χ1) is 28.8. The van der Waals surface area contributed by atoms with E-state index in [4.69, 9.17) is 9.47 Å². The number of rotatable bonds is 28. The SMILES string of the molecule is CCCCCCc1c[c]([Sn]([CH3])([CH3])[CH3])sc1-c1cc2c(OCC(CC)CCCC)c3sc(-c4s[c]([Sn]([CH3])([CH3])[CH3])cc4CCCCCC)cc3c(OCC(CC)CCCC)c2s1. The average molecular weight is 1100 g/mol. The van der Waals surface area contributed by atoms with E-state index in [-0.39, 0.29) is 0 Å². The van der Waals surface area contributed by atoms with Crippen LogP contribution in [0.4, 0.5) is 0 Å². The molecule has 4 heterocycles. The van der Waals surface area contributed by atoms with Gasteiger partial charge < -0.3 is 0 Å². The second-order valence-electron chi connectivity index (χ2n) is 19.9. The average Bonchev–Trinajstić information content (AvgIpc) is 4.03. The molecule has 2 atom stereocenters. The summed E-state index contributed by atoms with van der Waals surface area (Å²) in [6.45, 7) is 15.6. The molecule has 334 valence electrons. The zero-order chi connectivity index (χ0) is 43.5. The van der Waals surface area contributed by atoms with Crippen molar-refractivity contribution in [1.82, 2.24) is 0 Å². The number of thiophene rings is 4. The van der Waals surface area contributed by atoms with Gasteiger partial charge in [-0.05, 0) is 0 Å². The summed E-state index contributed by atoms with van der Waals surface area (Å²) in [4.78, 5) is 21.4. The normalized spacial score (nSPS) is 13.5. The van der Waals surface area contributed by atoms with Gasteiger partial charge in [0.2, 0.25) is 0 Å². The number of fused-ring (bicyclic) bond motifs is 2. The van der Waals surface area contributed by atoms with Crippen molar-refractivity contribution < 1.29 is 9.47 Å². The number of benzene rings is 1. The standard InChI is InChI=1S/C46H64O2S4.6CH3.2Sn/c1-7-13-17-19-23-35-25-27-49-43(35)39-29-37-41(47-31-33(11-5)21-15-9-3)46-38(42(45(37)51-39)48-32-34(12-6)22-16-10-4)30-40(52-46)44-36(26-28-50-44)24-20-18-14-8-2;;;;;;;;/h25-26,29-30,33-34H,7-24,31-32H2,1-6H3;6*1H3;;. The van der Waals surface area contributed by atoms with Crippen LogP contribution in [0.1, 0.15) is 155 Å².